The van der Waals surface area contributed by atoms with E-state index in [4.69, 9.17) is 4.98 Å². The van der Waals surface area contributed by atoms with Crippen LogP contribution in [0.1, 0.15) is 30.0 Å². The molecule has 2 heterocycles. The van der Waals surface area contributed by atoms with Gasteiger partial charge in [0.05, 0.1) is 5.69 Å². The average molecular weight is 337 g/mol. The fourth-order valence-corrected chi connectivity index (χ4v) is 3.87. The van der Waals surface area contributed by atoms with Crippen molar-refractivity contribution in [3.8, 4) is 10.6 Å². The third-order valence-corrected chi connectivity index (χ3v) is 5.05. The Balaban J connectivity index is 1.89. The number of aromatic nitrogens is 1. The van der Waals surface area contributed by atoms with Crippen molar-refractivity contribution < 1.29 is 0 Å². The van der Waals surface area contributed by atoms with E-state index in [2.05, 4.69) is 51.7 Å². The maximum Gasteiger partial charge on any atom is 0.123 e. The van der Waals surface area contributed by atoms with Crippen LogP contribution >= 0.6 is 27.3 Å². The summed E-state index contributed by atoms with van der Waals surface area (Å²) < 4.78 is 1.11. The summed E-state index contributed by atoms with van der Waals surface area (Å²) in [6.07, 6.45) is 2.51. The number of rotatable bonds is 2. The van der Waals surface area contributed by atoms with Crippen molar-refractivity contribution in [1.82, 2.24) is 10.3 Å². The molecule has 1 unspecified atom stereocenters. The maximum absolute atomic E-state index is 4.86. The first-order valence-corrected chi connectivity index (χ1v) is 8.34. The summed E-state index contributed by atoms with van der Waals surface area (Å²) in [5, 5.41) is 6.83. The van der Waals surface area contributed by atoms with Crippen LogP contribution in [0, 0.1) is 6.92 Å². The first kappa shape index (κ1) is 13.3. The third kappa shape index (κ3) is 2.91. The number of halogens is 1. The highest BCUT2D eigenvalue weighted by Gasteiger charge is 2.18. The van der Waals surface area contributed by atoms with Gasteiger partial charge in [0.15, 0.2) is 0 Å². The summed E-state index contributed by atoms with van der Waals surface area (Å²) in [5.41, 5.74) is 3.78. The number of benzene rings is 1. The van der Waals surface area contributed by atoms with Crippen LogP contribution in [0.2, 0.25) is 0 Å². The monoisotopic (exact) mass is 336 g/mol. The van der Waals surface area contributed by atoms with E-state index in [9.17, 15) is 0 Å². The van der Waals surface area contributed by atoms with Crippen LogP contribution < -0.4 is 5.32 Å². The zero-order valence-electron chi connectivity index (χ0n) is 10.9. The van der Waals surface area contributed by atoms with Gasteiger partial charge in [-0.05, 0) is 44.0 Å². The van der Waals surface area contributed by atoms with Gasteiger partial charge in [0.25, 0.3) is 0 Å². The van der Waals surface area contributed by atoms with E-state index in [1.807, 2.05) is 0 Å². The molecule has 1 aliphatic rings. The number of hydrogen-bond donors (Lipinski definition) is 1. The fraction of sp³-hybridized carbons (Fsp3) is 0.400. The zero-order chi connectivity index (χ0) is 13.2. The maximum atomic E-state index is 4.86. The van der Waals surface area contributed by atoms with Gasteiger partial charge in [-0.15, -0.1) is 11.3 Å². The van der Waals surface area contributed by atoms with Crippen molar-refractivity contribution in [1.29, 1.82) is 0 Å². The minimum Gasteiger partial charge on any atom is -0.316 e. The molecule has 4 heteroatoms. The predicted molar refractivity (Wildman–Crippen MR) is 84.8 cm³/mol. The highest BCUT2D eigenvalue weighted by molar-refractivity contribution is 9.10. The number of nitrogens with one attached hydrogen (secondary N) is 1. The van der Waals surface area contributed by atoms with Gasteiger partial charge >= 0.3 is 0 Å². The number of aryl methyl sites for hydroxylation is 1. The molecule has 19 heavy (non-hydrogen) atoms. The lowest BCUT2D eigenvalue weighted by Crippen LogP contribution is -2.28. The van der Waals surface area contributed by atoms with E-state index in [-0.39, 0.29) is 0 Å². The summed E-state index contributed by atoms with van der Waals surface area (Å²) in [5.74, 6) is 0.589. The van der Waals surface area contributed by atoms with Crippen LogP contribution in [0.5, 0.6) is 0 Å². The Morgan fingerprint density at radius 1 is 1.42 bits per heavy atom. The fourth-order valence-electron chi connectivity index (χ4n) is 2.53. The highest BCUT2D eigenvalue weighted by atomic mass is 79.9. The van der Waals surface area contributed by atoms with Gasteiger partial charge in [-0.3, -0.25) is 0 Å². The number of thiazole rings is 1. The summed E-state index contributed by atoms with van der Waals surface area (Å²) in [7, 11) is 0. The summed E-state index contributed by atoms with van der Waals surface area (Å²) in [6.45, 7) is 4.36. The molecule has 1 N–H and O–H groups in total. The molecule has 0 amide bonds. The van der Waals surface area contributed by atoms with Crippen molar-refractivity contribution in [3.05, 3.63) is 39.3 Å². The Morgan fingerprint density at radius 2 is 2.32 bits per heavy atom. The number of hydrogen-bond acceptors (Lipinski definition) is 3. The summed E-state index contributed by atoms with van der Waals surface area (Å²) in [6, 6.07) is 6.39. The molecule has 1 atom stereocenters. The molecule has 0 radical (unpaired) electrons. The lowest BCUT2D eigenvalue weighted by atomic mass is 9.97. The standard InChI is InChI=1S/C15H17BrN2S/c1-10-4-5-12(16)7-13(10)15-18-14(9-19-15)11-3-2-6-17-8-11/h4-5,7,9,11,17H,2-3,6,8H2,1H3. The van der Waals surface area contributed by atoms with Gasteiger partial charge in [0, 0.05) is 27.9 Å². The Morgan fingerprint density at radius 3 is 3.11 bits per heavy atom. The molecule has 0 saturated carbocycles. The Labute approximate surface area is 126 Å². The van der Waals surface area contributed by atoms with Crippen molar-refractivity contribution in [2.75, 3.05) is 13.1 Å². The van der Waals surface area contributed by atoms with Gasteiger partial charge in [-0.2, -0.15) is 0 Å². The molecule has 0 aliphatic carbocycles. The molecule has 0 bridgehead atoms. The topological polar surface area (TPSA) is 24.9 Å². The second-order valence-corrected chi connectivity index (χ2v) is 6.85. The average Bonchev–Trinajstić information content (AvgIpc) is 2.92. The first-order valence-electron chi connectivity index (χ1n) is 6.67. The molecular weight excluding hydrogens is 320 g/mol. The molecule has 1 saturated heterocycles. The Kier molecular flexibility index (Phi) is 4.01. The number of piperidine rings is 1. The van der Waals surface area contributed by atoms with Gasteiger partial charge in [0.1, 0.15) is 5.01 Å². The Hall–Kier alpha value is -0.710. The molecule has 2 aromatic rings. The molecule has 0 spiro atoms. The van der Waals surface area contributed by atoms with Crippen molar-refractivity contribution in [2.24, 2.45) is 0 Å². The van der Waals surface area contributed by atoms with Crippen molar-refractivity contribution in [2.45, 2.75) is 25.7 Å². The molecule has 100 valence electrons. The molecule has 1 aromatic heterocycles. The summed E-state index contributed by atoms with van der Waals surface area (Å²) in [4.78, 5) is 4.86. The first-order chi connectivity index (χ1) is 9.24. The van der Waals surface area contributed by atoms with E-state index in [1.165, 1.54) is 29.7 Å². The lowest BCUT2D eigenvalue weighted by Gasteiger charge is -2.20. The minimum atomic E-state index is 0.589. The largest absolute Gasteiger partial charge is 0.316 e. The van der Waals surface area contributed by atoms with Gasteiger partial charge in [-0.25, -0.2) is 4.98 Å². The molecule has 3 rings (SSSR count). The molecule has 1 fully saturated rings. The second-order valence-electron chi connectivity index (χ2n) is 5.08. The quantitative estimate of drug-likeness (QED) is 0.881. The molecule has 1 aliphatic heterocycles. The van der Waals surface area contributed by atoms with Gasteiger partial charge in [-0.1, -0.05) is 22.0 Å². The number of nitrogens with zero attached hydrogens (tertiary/aromatic N) is 1. The van der Waals surface area contributed by atoms with Crippen LogP contribution in [-0.4, -0.2) is 18.1 Å². The van der Waals surface area contributed by atoms with Crippen molar-refractivity contribution in [3.63, 3.8) is 0 Å². The highest BCUT2D eigenvalue weighted by Crippen LogP contribution is 2.32. The molecule has 2 nitrogen and oxygen atoms in total. The SMILES string of the molecule is Cc1ccc(Br)cc1-c1nc(C2CCCNC2)cs1. The minimum absolute atomic E-state index is 0.589. The van der Waals surface area contributed by atoms with Crippen LogP contribution in [0.15, 0.2) is 28.1 Å². The normalized spacial score (nSPS) is 19.6. The van der Waals surface area contributed by atoms with Crippen LogP contribution in [0.25, 0.3) is 10.6 Å². The van der Waals surface area contributed by atoms with E-state index < -0.39 is 0 Å². The van der Waals surface area contributed by atoms with Crippen LogP contribution in [0.4, 0.5) is 0 Å². The van der Waals surface area contributed by atoms with E-state index >= 15 is 0 Å². The van der Waals surface area contributed by atoms with E-state index in [0.29, 0.717) is 5.92 Å². The zero-order valence-corrected chi connectivity index (χ0v) is 13.4. The summed E-state index contributed by atoms with van der Waals surface area (Å²) >= 11 is 5.30. The van der Waals surface area contributed by atoms with Crippen LogP contribution in [0.3, 0.4) is 0 Å². The van der Waals surface area contributed by atoms with Gasteiger partial charge < -0.3 is 5.32 Å². The molecule has 1 aromatic carbocycles. The van der Waals surface area contributed by atoms with Crippen LogP contribution in [-0.2, 0) is 0 Å². The Bertz CT molecular complexity index is 573. The van der Waals surface area contributed by atoms with Crippen molar-refractivity contribution >= 4 is 27.3 Å². The van der Waals surface area contributed by atoms with E-state index in [0.717, 1.165) is 22.6 Å². The smallest absolute Gasteiger partial charge is 0.123 e. The molecular formula is C15H17BrN2S. The van der Waals surface area contributed by atoms with E-state index in [1.54, 1.807) is 11.3 Å². The lowest BCUT2D eigenvalue weighted by molar-refractivity contribution is 0.456. The predicted octanol–water partition coefficient (Wildman–Crippen LogP) is 4.35. The van der Waals surface area contributed by atoms with Gasteiger partial charge in [0.2, 0.25) is 0 Å². The second kappa shape index (κ2) is 5.73. The third-order valence-electron chi connectivity index (χ3n) is 3.67.